The van der Waals surface area contributed by atoms with Gasteiger partial charge in [0.2, 0.25) is 5.28 Å². The lowest BCUT2D eigenvalue weighted by molar-refractivity contribution is 0.321. The van der Waals surface area contributed by atoms with Crippen LogP contribution in [0, 0.1) is 5.92 Å². The summed E-state index contributed by atoms with van der Waals surface area (Å²) in [5.41, 5.74) is 0. The van der Waals surface area contributed by atoms with Crippen LogP contribution in [0.2, 0.25) is 10.4 Å². The summed E-state index contributed by atoms with van der Waals surface area (Å²) in [5.74, 6) is 1.36. The predicted octanol–water partition coefficient (Wildman–Crippen LogP) is 2.41. The molecule has 82 valence electrons. The second-order valence-corrected chi connectivity index (χ2v) is 4.57. The van der Waals surface area contributed by atoms with E-state index in [-0.39, 0.29) is 5.28 Å². The molecule has 0 unspecified atom stereocenters. The molecule has 2 rings (SSSR count). The van der Waals surface area contributed by atoms with E-state index in [4.69, 9.17) is 23.2 Å². The summed E-state index contributed by atoms with van der Waals surface area (Å²) >= 11 is 11.6. The molecule has 0 atom stereocenters. The monoisotopic (exact) mass is 246 g/mol. The van der Waals surface area contributed by atoms with E-state index < -0.39 is 0 Å². The van der Waals surface area contributed by atoms with Crippen molar-refractivity contribution in [3.05, 3.63) is 10.4 Å². The van der Waals surface area contributed by atoms with Gasteiger partial charge in [-0.2, -0.15) is 4.98 Å². The first-order chi connectivity index (χ1) is 7.16. The fourth-order valence-corrected chi connectivity index (χ4v) is 2.02. The van der Waals surface area contributed by atoms with Gasteiger partial charge in [-0.1, -0.05) is 18.0 Å². The fourth-order valence-electron chi connectivity index (χ4n) is 1.68. The zero-order valence-corrected chi connectivity index (χ0v) is 9.96. The van der Waals surface area contributed by atoms with Crippen molar-refractivity contribution in [3.63, 3.8) is 0 Å². The third-order valence-corrected chi connectivity index (χ3v) is 3.13. The Hall–Kier alpha value is -0.610. The van der Waals surface area contributed by atoms with Crippen LogP contribution in [0.5, 0.6) is 0 Å². The molecule has 0 spiro atoms. The van der Waals surface area contributed by atoms with E-state index in [2.05, 4.69) is 15.2 Å². The Morgan fingerprint density at radius 2 is 2.07 bits per heavy atom. The molecule has 15 heavy (non-hydrogen) atoms. The highest BCUT2D eigenvalue weighted by Crippen LogP contribution is 2.29. The molecule has 1 aliphatic carbocycles. The number of hydrogen-bond acceptors (Lipinski definition) is 4. The van der Waals surface area contributed by atoms with Crippen LogP contribution >= 0.6 is 23.2 Å². The summed E-state index contributed by atoms with van der Waals surface area (Å²) in [6.07, 6.45) is 3.90. The molecular formula is C9H12Cl2N4. The van der Waals surface area contributed by atoms with Crippen molar-refractivity contribution in [2.24, 2.45) is 5.92 Å². The van der Waals surface area contributed by atoms with Crippen molar-refractivity contribution in [2.45, 2.75) is 19.3 Å². The third kappa shape index (κ3) is 2.49. The van der Waals surface area contributed by atoms with Crippen LogP contribution in [0.1, 0.15) is 19.3 Å². The summed E-state index contributed by atoms with van der Waals surface area (Å²) in [6, 6.07) is 0. The van der Waals surface area contributed by atoms with E-state index in [1.54, 1.807) is 0 Å². The average Bonchev–Trinajstić information content (AvgIpc) is 2.15. The van der Waals surface area contributed by atoms with Crippen LogP contribution < -0.4 is 4.90 Å². The highest BCUT2D eigenvalue weighted by Gasteiger charge is 2.21. The zero-order valence-electron chi connectivity index (χ0n) is 8.45. The maximum absolute atomic E-state index is 5.90. The minimum absolute atomic E-state index is 0.134. The van der Waals surface area contributed by atoms with Crippen LogP contribution in [0.3, 0.4) is 0 Å². The minimum atomic E-state index is 0.134. The normalized spacial score (nSPS) is 16.2. The van der Waals surface area contributed by atoms with Crippen molar-refractivity contribution in [3.8, 4) is 0 Å². The van der Waals surface area contributed by atoms with Gasteiger partial charge in [-0.05, 0) is 30.4 Å². The molecule has 0 bridgehead atoms. The van der Waals surface area contributed by atoms with Gasteiger partial charge in [0, 0.05) is 13.6 Å². The molecule has 0 radical (unpaired) electrons. The van der Waals surface area contributed by atoms with Crippen molar-refractivity contribution < 1.29 is 0 Å². The molecule has 0 N–H and O–H groups in total. The molecule has 0 aromatic carbocycles. The Kier molecular flexibility index (Phi) is 3.26. The molecular weight excluding hydrogens is 235 g/mol. The molecule has 1 aromatic heterocycles. The second-order valence-electron chi connectivity index (χ2n) is 3.87. The standard InChI is InChI=1S/C9H12Cl2N4/c1-15(5-6-3-2-4-6)8-7(10)13-14-9(11)12-8/h6H,2-5H2,1H3. The second kappa shape index (κ2) is 4.49. The lowest BCUT2D eigenvalue weighted by Crippen LogP contribution is -2.30. The Morgan fingerprint density at radius 3 is 2.67 bits per heavy atom. The maximum Gasteiger partial charge on any atom is 0.245 e. The van der Waals surface area contributed by atoms with Crippen molar-refractivity contribution in [1.29, 1.82) is 0 Å². The summed E-state index contributed by atoms with van der Waals surface area (Å²) in [7, 11) is 1.95. The summed E-state index contributed by atoms with van der Waals surface area (Å²) in [4.78, 5) is 6.06. The van der Waals surface area contributed by atoms with Crippen LogP contribution in [-0.2, 0) is 0 Å². The van der Waals surface area contributed by atoms with Crippen molar-refractivity contribution in [2.75, 3.05) is 18.5 Å². The number of aromatic nitrogens is 3. The van der Waals surface area contributed by atoms with Gasteiger partial charge in [-0.25, -0.2) is 0 Å². The van der Waals surface area contributed by atoms with Gasteiger partial charge >= 0.3 is 0 Å². The fraction of sp³-hybridized carbons (Fsp3) is 0.667. The van der Waals surface area contributed by atoms with Gasteiger partial charge in [0.25, 0.3) is 0 Å². The topological polar surface area (TPSA) is 41.9 Å². The molecule has 1 saturated carbocycles. The van der Waals surface area contributed by atoms with Crippen molar-refractivity contribution in [1.82, 2.24) is 15.2 Å². The summed E-state index contributed by atoms with van der Waals surface area (Å²) < 4.78 is 0. The number of halogens is 2. The Balaban J connectivity index is 2.09. The molecule has 0 aliphatic heterocycles. The highest BCUT2D eigenvalue weighted by molar-refractivity contribution is 6.32. The van der Waals surface area contributed by atoms with E-state index in [9.17, 15) is 0 Å². The van der Waals surface area contributed by atoms with Crippen molar-refractivity contribution >= 4 is 29.0 Å². The van der Waals surface area contributed by atoms with Gasteiger partial charge in [0.15, 0.2) is 11.0 Å². The predicted molar refractivity (Wildman–Crippen MR) is 60.5 cm³/mol. The van der Waals surface area contributed by atoms with Crippen LogP contribution in [0.4, 0.5) is 5.82 Å². The van der Waals surface area contributed by atoms with Gasteiger partial charge < -0.3 is 4.90 Å². The number of nitrogens with zero attached hydrogens (tertiary/aromatic N) is 4. The largest absolute Gasteiger partial charge is 0.357 e. The van der Waals surface area contributed by atoms with Gasteiger partial charge in [0.1, 0.15) is 0 Å². The summed E-state index contributed by atoms with van der Waals surface area (Å²) in [6.45, 7) is 0.953. The molecule has 1 heterocycles. The first-order valence-electron chi connectivity index (χ1n) is 4.93. The van der Waals surface area contributed by atoms with Gasteiger partial charge in [-0.3, -0.25) is 0 Å². The van der Waals surface area contributed by atoms with Crippen LogP contribution in [0.25, 0.3) is 0 Å². The molecule has 0 saturated heterocycles. The molecule has 1 fully saturated rings. The van der Waals surface area contributed by atoms with E-state index in [0.717, 1.165) is 12.5 Å². The lowest BCUT2D eigenvalue weighted by atomic mass is 9.85. The average molecular weight is 247 g/mol. The highest BCUT2D eigenvalue weighted by atomic mass is 35.5. The molecule has 4 nitrogen and oxygen atoms in total. The quantitative estimate of drug-likeness (QED) is 0.822. The lowest BCUT2D eigenvalue weighted by Gasteiger charge is -2.30. The van der Waals surface area contributed by atoms with E-state index >= 15 is 0 Å². The third-order valence-electron chi connectivity index (χ3n) is 2.72. The van der Waals surface area contributed by atoms with E-state index in [1.165, 1.54) is 19.3 Å². The zero-order chi connectivity index (χ0) is 10.8. The number of anilines is 1. The number of rotatable bonds is 3. The minimum Gasteiger partial charge on any atom is -0.357 e. The molecule has 0 amide bonds. The first kappa shape index (κ1) is 10.9. The Bertz CT molecular complexity index is 354. The van der Waals surface area contributed by atoms with Crippen LogP contribution in [0.15, 0.2) is 0 Å². The molecule has 6 heteroatoms. The molecule has 1 aliphatic rings. The molecule has 1 aromatic rings. The van der Waals surface area contributed by atoms with Crippen LogP contribution in [-0.4, -0.2) is 28.8 Å². The van der Waals surface area contributed by atoms with E-state index in [1.807, 2.05) is 11.9 Å². The summed E-state index contributed by atoms with van der Waals surface area (Å²) in [5, 5.41) is 7.75. The van der Waals surface area contributed by atoms with E-state index in [0.29, 0.717) is 11.0 Å². The number of hydrogen-bond donors (Lipinski definition) is 0. The Labute approximate surface area is 98.6 Å². The smallest absolute Gasteiger partial charge is 0.245 e. The van der Waals surface area contributed by atoms with Gasteiger partial charge in [-0.15, -0.1) is 10.2 Å². The first-order valence-corrected chi connectivity index (χ1v) is 5.69. The van der Waals surface area contributed by atoms with Gasteiger partial charge in [0.05, 0.1) is 0 Å². The SMILES string of the molecule is CN(CC1CCC1)c1nc(Cl)nnc1Cl. The maximum atomic E-state index is 5.90. The Morgan fingerprint density at radius 1 is 1.33 bits per heavy atom.